The summed E-state index contributed by atoms with van der Waals surface area (Å²) in [5.74, 6) is 0. The highest BCUT2D eigenvalue weighted by molar-refractivity contribution is 7.08. The summed E-state index contributed by atoms with van der Waals surface area (Å²) in [5, 5.41) is 7.56. The van der Waals surface area contributed by atoms with Gasteiger partial charge in [-0.05, 0) is 35.6 Å². The summed E-state index contributed by atoms with van der Waals surface area (Å²) in [7, 11) is 0. The van der Waals surface area contributed by atoms with Crippen molar-refractivity contribution in [2.24, 2.45) is 0 Å². The Morgan fingerprint density at radius 3 is 2.79 bits per heavy atom. The van der Waals surface area contributed by atoms with Crippen LogP contribution in [0.1, 0.15) is 5.56 Å². The van der Waals surface area contributed by atoms with Crippen LogP contribution in [0.25, 0.3) is 0 Å². The van der Waals surface area contributed by atoms with Gasteiger partial charge in [-0.1, -0.05) is 0 Å². The molecule has 14 heavy (non-hydrogen) atoms. The molecule has 0 amide bonds. The Bertz CT molecular complexity index is 356. The van der Waals surface area contributed by atoms with Crippen LogP contribution < -0.4 is 5.32 Å². The van der Waals surface area contributed by atoms with Crippen molar-refractivity contribution in [1.82, 2.24) is 4.98 Å². The Labute approximate surface area is 87.6 Å². The second-order valence-electron chi connectivity index (χ2n) is 3.04. The van der Waals surface area contributed by atoms with Crippen molar-refractivity contribution in [2.75, 3.05) is 11.9 Å². The summed E-state index contributed by atoms with van der Waals surface area (Å²) >= 11 is 1.71. The van der Waals surface area contributed by atoms with Gasteiger partial charge in [0.15, 0.2) is 0 Å². The molecular formula is C11H12N2S. The van der Waals surface area contributed by atoms with Crippen LogP contribution in [-0.2, 0) is 6.42 Å². The van der Waals surface area contributed by atoms with Gasteiger partial charge in [0, 0.05) is 30.0 Å². The van der Waals surface area contributed by atoms with Crippen LogP contribution in [0.4, 0.5) is 5.69 Å². The monoisotopic (exact) mass is 204 g/mol. The number of anilines is 1. The highest BCUT2D eigenvalue weighted by Crippen LogP contribution is 2.11. The van der Waals surface area contributed by atoms with Crippen molar-refractivity contribution < 1.29 is 0 Å². The van der Waals surface area contributed by atoms with Gasteiger partial charge in [0.25, 0.3) is 0 Å². The van der Waals surface area contributed by atoms with Crippen molar-refractivity contribution in [2.45, 2.75) is 6.42 Å². The normalized spacial score (nSPS) is 10.0. The topological polar surface area (TPSA) is 24.9 Å². The Morgan fingerprint density at radius 1 is 1.21 bits per heavy atom. The van der Waals surface area contributed by atoms with Gasteiger partial charge in [-0.15, -0.1) is 0 Å². The van der Waals surface area contributed by atoms with Gasteiger partial charge in [0.2, 0.25) is 0 Å². The number of hydrogen-bond acceptors (Lipinski definition) is 3. The van der Waals surface area contributed by atoms with E-state index in [1.165, 1.54) is 11.3 Å². The van der Waals surface area contributed by atoms with E-state index >= 15 is 0 Å². The molecule has 0 spiro atoms. The third kappa shape index (κ3) is 2.57. The fraction of sp³-hybridized carbons (Fsp3) is 0.182. The number of aromatic nitrogens is 1. The first-order valence-corrected chi connectivity index (χ1v) is 5.54. The lowest BCUT2D eigenvalue weighted by Crippen LogP contribution is -2.03. The first-order valence-electron chi connectivity index (χ1n) is 4.60. The summed E-state index contributed by atoms with van der Waals surface area (Å²) in [6, 6.07) is 6.20. The van der Waals surface area contributed by atoms with Crippen LogP contribution in [0, 0.1) is 0 Å². The van der Waals surface area contributed by atoms with Crippen LogP contribution in [0.15, 0.2) is 41.4 Å². The molecule has 0 saturated carbocycles. The van der Waals surface area contributed by atoms with E-state index in [4.69, 9.17) is 0 Å². The third-order valence-corrected chi connectivity index (χ3v) is 2.70. The number of hydrogen-bond donors (Lipinski definition) is 1. The molecule has 0 bridgehead atoms. The summed E-state index contributed by atoms with van der Waals surface area (Å²) in [6.45, 7) is 0.973. The van der Waals surface area contributed by atoms with Crippen molar-refractivity contribution in [3.05, 3.63) is 46.9 Å². The van der Waals surface area contributed by atoms with Gasteiger partial charge in [0.1, 0.15) is 0 Å². The molecule has 0 radical (unpaired) electrons. The molecule has 2 rings (SSSR count). The molecular weight excluding hydrogens is 192 g/mol. The predicted octanol–water partition coefficient (Wildman–Crippen LogP) is 2.80. The molecule has 2 aromatic rings. The van der Waals surface area contributed by atoms with Gasteiger partial charge in [-0.25, -0.2) is 0 Å². The highest BCUT2D eigenvalue weighted by atomic mass is 32.1. The van der Waals surface area contributed by atoms with Gasteiger partial charge in [-0.3, -0.25) is 4.98 Å². The van der Waals surface area contributed by atoms with Gasteiger partial charge in [-0.2, -0.15) is 11.3 Å². The van der Waals surface area contributed by atoms with E-state index in [0.717, 1.165) is 13.0 Å². The zero-order chi connectivity index (χ0) is 9.64. The summed E-state index contributed by atoms with van der Waals surface area (Å²) in [4.78, 5) is 3.98. The molecule has 0 saturated heterocycles. The average Bonchev–Trinajstić information content (AvgIpc) is 2.72. The lowest BCUT2D eigenvalue weighted by Gasteiger charge is -2.03. The predicted molar refractivity (Wildman–Crippen MR) is 60.7 cm³/mol. The summed E-state index contributed by atoms with van der Waals surface area (Å²) in [6.07, 6.45) is 4.71. The standard InChI is InChI=1S/C11H12N2S/c1-5-12-6-2-10(1)3-7-13-11-4-8-14-9-11/h1-2,4-6,8-9,13H,3,7H2. The maximum Gasteiger partial charge on any atom is 0.0448 e. The maximum absolute atomic E-state index is 3.98. The Balaban J connectivity index is 1.79. The number of nitrogens with zero attached hydrogens (tertiary/aromatic N) is 1. The molecule has 0 aliphatic heterocycles. The zero-order valence-corrected chi connectivity index (χ0v) is 8.63. The molecule has 2 heterocycles. The summed E-state index contributed by atoms with van der Waals surface area (Å²) in [5.41, 5.74) is 2.53. The van der Waals surface area contributed by atoms with Gasteiger partial charge < -0.3 is 5.32 Å². The minimum atomic E-state index is 0.973. The van der Waals surface area contributed by atoms with Crippen LogP contribution in [-0.4, -0.2) is 11.5 Å². The van der Waals surface area contributed by atoms with E-state index in [0.29, 0.717) is 0 Å². The lowest BCUT2D eigenvalue weighted by atomic mass is 10.2. The second kappa shape index (κ2) is 4.77. The first kappa shape index (κ1) is 9.21. The third-order valence-electron chi connectivity index (χ3n) is 2.01. The quantitative estimate of drug-likeness (QED) is 0.828. The smallest absolute Gasteiger partial charge is 0.0448 e. The minimum absolute atomic E-state index is 0.973. The molecule has 0 aliphatic carbocycles. The number of rotatable bonds is 4. The van der Waals surface area contributed by atoms with Crippen LogP contribution in [0.3, 0.4) is 0 Å². The van der Waals surface area contributed by atoms with E-state index in [1.807, 2.05) is 12.4 Å². The molecule has 2 aromatic heterocycles. The van der Waals surface area contributed by atoms with Crippen LogP contribution in [0.2, 0.25) is 0 Å². The molecule has 0 unspecified atom stereocenters. The van der Waals surface area contributed by atoms with Crippen molar-refractivity contribution in [3.8, 4) is 0 Å². The fourth-order valence-electron chi connectivity index (χ4n) is 1.27. The maximum atomic E-state index is 3.98. The lowest BCUT2D eigenvalue weighted by molar-refractivity contribution is 1.01. The largest absolute Gasteiger partial charge is 0.384 e. The minimum Gasteiger partial charge on any atom is -0.384 e. The van der Waals surface area contributed by atoms with E-state index < -0.39 is 0 Å². The first-order chi connectivity index (χ1) is 6.95. The van der Waals surface area contributed by atoms with E-state index in [-0.39, 0.29) is 0 Å². The van der Waals surface area contributed by atoms with Crippen LogP contribution >= 0.6 is 11.3 Å². The molecule has 3 heteroatoms. The Kier molecular flexibility index (Phi) is 3.14. The van der Waals surface area contributed by atoms with Crippen molar-refractivity contribution in [3.63, 3.8) is 0 Å². The van der Waals surface area contributed by atoms with Crippen molar-refractivity contribution in [1.29, 1.82) is 0 Å². The van der Waals surface area contributed by atoms with E-state index in [2.05, 4.69) is 39.3 Å². The van der Waals surface area contributed by atoms with Gasteiger partial charge in [0.05, 0.1) is 0 Å². The van der Waals surface area contributed by atoms with Gasteiger partial charge >= 0.3 is 0 Å². The summed E-state index contributed by atoms with van der Waals surface area (Å²) < 4.78 is 0. The van der Waals surface area contributed by atoms with Crippen molar-refractivity contribution >= 4 is 17.0 Å². The fourth-order valence-corrected chi connectivity index (χ4v) is 1.88. The average molecular weight is 204 g/mol. The number of nitrogens with one attached hydrogen (secondary N) is 1. The molecule has 0 aromatic carbocycles. The molecule has 2 nitrogen and oxygen atoms in total. The highest BCUT2D eigenvalue weighted by Gasteiger charge is 1.92. The molecule has 0 aliphatic rings. The second-order valence-corrected chi connectivity index (χ2v) is 3.82. The zero-order valence-electron chi connectivity index (χ0n) is 7.81. The molecule has 0 atom stereocenters. The molecule has 1 N–H and O–H groups in total. The number of pyridine rings is 1. The molecule has 72 valence electrons. The Morgan fingerprint density at radius 2 is 2.07 bits per heavy atom. The SMILES string of the molecule is c1cc(CCNc2ccsc2)ccn1. The van der Waals surface area contributed by atoms with Crippen LogP contribution in [0.5, 0.6) is 0 Å². The molecule has 0 fully saturated rings. The van der Waals surface area contributed by atoms with E-state index in [9.17, 15) is 0 Å². The Hall–Kier alpha value is -1.35. The van der Waals surface area contributed by atoms with E-state index in [1.54, 1.807) is 11.3 Å². The number of thiophene rings is 1.